The largest absolute Gasteiger partial charge is 0.462 e. The summed E-state index contributed by atoms with van der Waals surface area (Å²) < 4.78 is 16.9. The molecule has 0 bridgehead atoms. The zero-order chi connectivity index (χ0) is 51.2. The number of carbonyl (C=O) groups excluding carboxylic acids is 3. The summed E-state index contributed by atoms with van der Waals surface area (Å²) in [5, 5.41) is 0. The van der Waals surface area contributed by atoms with Crippen LogP contribution in [0.15, 0.2) is 0 Å². The van der Waals surface area contributed by atoms with Crippen LogP contribution in [0.1, 0.15) is 356 Å². The number of hydrogen-bond donors (Lipinski definition) is 0. The highest BCUT2D eigenvalue weighted by atomic mass is 16.6. The monoisotopic (exact) mass is 989 g/mol. The zero-order valence-electron chi connectivity index (χ0n) is 48.3. The van der Waals surface area contributed by atoms with Gasteiger partial charge in [0.25, 0.3) is 0 Å². The van der Waals surface area contributed by atoms with Gasteiger partial charge in [0.2, 0.25) is 0 Å². The van der Waals surface area contributed by atoms with Gasteiger partial charge in [0.05, 0.1) is 0 Å². The Kier molecular flexibility index (Phi) is 53.9. The minimum Gasteiger partial charge on any atom is -0.462 e. The van der Waals surface area contributed by atoms with E-state index < -0.39 is 6.10 Å². The summed E-state index contributed by atoms with van der Waals surface area (Å²) in [6.45, 7) is 13.8. The van der Waals surface area contributed by atoms with Crippen LogP contribution < -0.4 is 0 Å². The van der Waals surface area contributed by atoms with Crippen molar-refractivity contribution in [2.45, 2.75) is 362 Å². The fraction of sp³-hybridized carbons (Fsp3) is 0.953. The number of esters is 3. The predicted molar refractivity (Wildman–Crippen MR) is 303 cm³/mol. The van der Waals surface area contributed by atoms with Gasteiger partial charge in [-0.25, -0.2) is 0 Å². The van der Waals surface area contributed by atoms with Gasteiger partial charge in [-0.1, -0.05) is 318 Å². The van der Waals surface area contributed by atoms with E-state index in [0.29, 0.717) is 19.3 Å². The Morgan fingerprint density at radius 1 is 0.286 bits per heavy atom. The van der Waals surface area contributed by atoms with Crippen molar-refractivity contribution in [2.24, 2.45) is 17.8 Å². The van der Waals surface area contributed by atoms with E-state index in [1.54, 1.807) is 0 Å². The highest BCUT2D eigenvalue weighted by Crippen LogP contribution is 2.19. The quantitative estimate of drug-likeness (QED) is 0.0343. The molecule has 70 heavy (non-hydrogen) atoms. The molecule has 416 valence electrons. The summed E-state index contributed by atoms with van der Waals surface area (Å²) in [6.07, 6.45) is 59.6. The lowest BCUT2D eigenvalue weighted by molar-refractivity contribution is -0.167. The molecule has 0 saturated carbocycles. The van der Waals surface area contributed by atoms with Crippen LogP contribution in [0.25, 0.3) is 0 Å². The van der Waals surface area contributed by atoms with E-state index in [1.807, 2.05) is 0 Å². The molecular weight excluding hydrogens is 865 g/mol. The van der Waals surface area contributed by atoms with Crippen LogP contribution in [-0.2, 0) is 28.6 Å². The van der Waals surface area contributed by atoms with Gasteiger partial charge in [-0.3, -0.25) is 14.4 Å². The average Bonchev–Trinajstić information content (AvgIpc) is 3.33. The topological polar surface area (TPSA) is 78.9 Å². The Morgan fingerprint density at radius 2 is 0.500 bits per heavy atom. The molecule has 0 aliphatic carbocycles. The van der Waals surface area contributed by atoms with Crippen molar-refractivity contribution >= 4 is 17.9 Å². The second kappa shape index (κ2) is 55.2. The molecule has 0 heterocycles. The first kappa shape index (κ1) is 68.4. The molecule has 0 aromatic rings. The Morgan fingerprint density at radius 3 is 0.743 bits per heavy atom. The van der Waals surface area contributed by atoms with Crippen LogP contribution in [0.5, 0.6) is 0 Å². The molecule has 0 fully saturated rings. The van der Waals surface area contributed by atoms with E-state index in [9.17, 15) is 14.4 Å². The van der Waals surface area contributed by atoms with E-state index >= 15 is 0 Å². The molecule has 2 atom stereocenters. The smallest absolute Gasteiger partial charge is 0.306 e. The third kappa shape index (κ3) is 55.7. The van der Waals surface area contributed by atoms with Crippen molar-refractivity contribution in [1.29, 1.82) is 0 Å². The lowest BCUT2D eigenvalue weighted by atomic mass is 9.99. The Balaban J connectivity index is 4.25. The van der Waals surface area contributed by atoms with Crippen molar-refractivity contribution in [3.8, 4) is 0 Å². The maximum absolute atomic E-state index is 12.9. The van der Waals surface area contributed by atoms with Crippen molar-refractivity contribution < 1.29 is 28.6 Å². The average molecular weight is 990 g/mol. The van der Waals surface area contributed by atoms with E-state index in [-0.39, 0.29) is 31.1 Å². The second-order valence-electron chi connectivity index (χ2n) is 23.2. The Hall–Kier alpha value is -1.59. The zero-order valence-corrected chi connectivity index (χ0v) is 48.3. The number of carbonyl (C=O) groups is 3. The fourth-order valence-electron chi connectivity index (χ4n) is 9.85. The van der Waals surface area contributed by atoms with E-state index in [0.717, 1.165) is 75.5 Å². The van der Waals surface area contributed by atoms with Crippen molar-refractivity contribution in [1.82, 2.24) is 0 Å². The first-order valence-electron chi connectivity index (χ1n) is 31.6. The molecular formula is C64H124O6. The SMILES string of the molecule is CCC(C)CCCCCCCCCCCCCCCCCCCCC(=O)OC[C@H](COC(=O)CCCCCCCCCCCCCCCC(C)C)OC(=O)CCCCCCCCCCCCCC(C)C. The Bertz CT molecular complexity index is 1090. The maximum atomic E-state index is 12.9. The van der Waals surface area contributed by atoms with E-state index in [1.165, 1.54) is 238 Å². The van der Waals surface area contributed by atoms with E-state index in [4.69, 9.17) is 14.2 Å². The van der Waals surface area contributed by atoms with Crippen LogP contribution in [0, 0.1) is 17.8 Å². The minimum absolute atomic E-state index is 0.0629. The summed E-state index contributed by atoms with van der Waals surface area (Å²) in [6, 6.07) is 0. The highest BCUT2D eigenvalue weighted by molar-refractivity contribution is 5.71. The first-order chi connectivity index (χ1) is 34.1. The maximum Gasteiger partial charge on any atom is 0.306 e. The first-order valence-corrected chi connectivity index (χ1v) is 31.6. The van der Waals surface area contributed by atoms with Gasteiger partial charge < -0.3 is 14.2 Å². The molecule has 0 aliphatic rings. The molecule has 6 nitrogen and oxygen atoms in total. The standard InChI is InChI=1S/C64H124O6/c1-7-60(6)52-46-40-34-28-22-16-12-10-8-9-11-13-17-23-29-35-41-47-53-62(65)68-56-61(70-64(67)55-49-43-37-31-25-19-21-27-33-39-45-51-59(4)5)57-69-63(66)54-48-42-36-30-24-18-14-15-20-26-32-38-44-50-58(2)3/h58-61H,7-57H2,1-6H3/t60?,61-/m1/s1. The summed E-state index contributed by atoms with van der Waals surface area (Å²) in [4.78, 5) is 38.3. The molecule has 0 aromatic carbocycles. The van der Waals surface area contributed by atoms with E-state index in [2.05, 4.69) is 41.5 Å². The second-order valence-corrected chi connectivity index (χ2v) is 23.2. The van der Waals surface area contributed by atoms with Crippen molar-refractivity contribution in [3.63, 3.8) is 0 Å². The van der Waals surface area contributed by atoms with Gasteiger partial charge >= 0.3 is 17.9 Å². The lowest BCUT2D eigenvalue weighted by Gasteiger charge is -2.18. The predicted octanol–water partition coefficient (Wildman–Crippen LogP) is 21.1. The molecule has 0 spiro atoms. The number of ether oxygens (including phenoxy) is 3. The van der Waals surface area contributed by atoms with Crippen LogP contribution >= 0.6 is 0 Å². The summed E-state index contributed by atoms with van der Waals surface area (Å²) >= 11 is 0. The van der Waals surface area contributed by atoms with Crippen molar-refractivity contribution in [3.05, 3.63) is 0 Å². The van der Waals surface area contributed by atoms with Crippen LogP contribution in [-0.4, -0.2) is 37.2 Å². The lowest BCUT2D eigenvalue weighted by Crippen LogP contribution is -2.30. The molecule has 0 aliphatic heterocycles. The normalized spacial score (nSPS) is 12.5. The number of rotatable bonds is 57. The number of hydrogen-bond acceptors (Lipinski definition) is 6. The number of unbranched alkanes of at least 4 members (excludes halogenated alkanes) is 39. The van der Waals surface area contributed by atoms with Gasteiger partial charge in [0, 0.05) is 19.3 Å². The van der Waals surface area contributed by atoms with Crippen LogP contribution in [0.2, 0.25) is 0 Å². The molecule has 0 N–H and O–H groups in total. The highest BCUT2D eigenvalue weighted by Gasteiger charge is 2.19. The molecule has 0 saturated heterocycles. The Labute approximate surface area is 438 Å². The molecule has 0 aromatic heterocycles. The fourth-order valence-corrected chi connectivity index (χ4v) is 9.85. The van der Waals surface area contributed by atoms with Gasteiger partial charge in [0.1, 0.15) is 13.2 Å². The molecule has 0 amide bonds. The molecule has 6 heteroatoms. The summed E-state index contributed by atoms with van der Waals surface area (Å²) in [5.74, 6) is 1.74. The van der Waals surface area contributed by atoms with Gasteiger partial charge in [0.15, 0.2) is 6.10 Å². The molecule has 0 radical (unpaired) electrons. The summed E-state index contributed by atoms with van der Waals surface area (Å²) in [5.41, 5.74) is 0. The van der Waals surface area contributed by atoms with Crippen molar-refractivity contribution in [2.75, 3.05) is 13.2 Å². The van der Waals surface area contributed by atoms with Crippen LogP contribution in [0.4, 0.5) is 0 Å². The summed E-state index contributed by atoms with van der Waals surface area (Å²) in [7, 11) is 0. The van der Waals surface area contributed by atoms with Gasteiger partial charge in [-0.2, -0.15) is 0 Å². The minimum atomic E-state index is -0.764. The third-order valence-electron chi connectivity index (χ3n) is 15.0. The molecule has 1 unspecified atom stereocenters. The van der Waals surface area contributed by atoms with Crippen LogP contribution in [0.3, 0.4) is 0 Å². The van der Waals surface area contributed by atoms with Gasteiger partial charge in [-0.05, 0) is 37.0 Å². The van der Waals surface area contributed by atoms with Gasteiger partial charge in [-0.15, -0.1) is 0 Å². The molecule has 0 rings (SSSR count). The third-order valence-corrected chi connectivity index (χ3v) is 15.0.